The summed E-state index contributed by atoms with van der Waals surface area (Å²) in [7, 11) is 1.64. The van der Waals surface area contributed by atoms with Gasteiger partial charge in [-0.2, -0.15) is 13.2 Å². The smallest absolute Gasteiger partial charge is 0.351 e. The molecule has 7 nitrogen and oxygen atoms in total. The van der Waals surface area contributed by atoms with Crippen LogP contribution < -0.4 is 16.2 Å². The topological polar surface area (TPSA) is 88.9 Å². The fourth-order valence-corrected chi connectivity index (χ4v) is 3.93. The van der Waals surface area contributed by atoms with E-state index >= 15 is 0 Å². The van der Waals surface area contributed by atoms with E-state index in [4.69, 9.17) is 0 Å². The van der Waals surface area contributed by atoms with Gasteiger partial charge in [0.25, 0.3) is 11.5 Å². The molecule has 1 aliphatic carbocycles. The van der Waals surface area contributed by atoms with E-state index in [-0.39, 0.29) is 11.1 Å². The third-order valence-electron chi connectivity index (χ3n) is 6.11. The number of carbonyl (C=O) groups excluding carboxylic acids is 1. The molecule has 1 amide bonds. The summed E-state index contributed by atoms with van der Waals surface area (Å²) in [5, 5.41) is 6.41. The predicted octanol–water partition coefficient (Wildman–Crippen LogP) is 5.15. The lowest BCUT2D eigenvalue weighted by Crippen LogP contribution is -2.21. The monoisotopic (exact) mass is 493 g/mol. The number of alkyl halides is 3. The highest BCUT2D eigenvalue weighted by molar-refractivity contribution is 6.04. The van der Waals surface area contributed by atoms with Crippen molar-refractivity contribution in [2.75, 3.05) is 10.6 Å². The van der Waals surface area contributed by atoms with Gasteiger partial charge in [-0.15, -0.1) is 0 Å². The molecule has 0 spiro atoms. The second-order valence-corrected chi connectivity index (χ2v) is 8.87. The highest BCUT2D eigenvalue weighted by atomic mass is 19.4. The zero-order chi connectivity index (χ0) is 25.6. The maximum atomic E-state index is 13.1. The minimum absolute atomic E-state index is 0.113. The van der Waals surface area contributed by atoms with E-state index in [2.05, 4.69) is 20.6 Å². The van der Waals surface area contributed by atoms with Crippen LogP contribution in [0.25, 0.3) is 22.2 Å². The molecule has 1 saturated carbocycles. The summed E-state index contributed by atoms with van der Waals surface area (Å²) in [5.74, 6) is -0.252. The molecule has 0 bridgehead atoms. The molecule has 2 N–H and O–H groups in total. The van der Waals surface area contributed by atoms with Crippen LogP contribution in [0.1, 0.15) is 34.3 Å². The van der Waals surface area contributed by atoms with E-state index in [9.17, 15) is 22.8 Å². The Labute approximate surface area is 204 Å². The second kappa shape index (κ2) is 8.78. The zero-order valence-corrected chi connectivity index (χ0v) is 19.5. The van der Waals surface area contributed by atoms with Gasteiger partial charge in [-0.1, -0.05) is 12.1 Å². The Morgan fingerprint density at radius 1 is 1.11 bits per heavy atom. The Kier molecular flexibility index (Phi) is 5.74. The third-order valence-corrected chi connectivity index (χ3v) is 6.11. The summed E-state index contributed by atoms with van der Waals surface area (Å²) in [4.78, 5) is 34.5. The molecule has 36 heavy (non-hydrogen) atoms. The summed E-state index contributed by atoms with van der Waals surface area (Å²) in [6, 6.07) is 11.5. The van der Waals surface area contributed by atoms with Crippen molar-refractivity contribution in [1.82, 2.24) is 14.5 Å². The molecule has 0 saturated heterocycles. The van der Waals surface area contributed by atoms with Crippen molar-refractivity contribution in [3.05, 3.63) is 81.8 Å². The number of halogens is 3. The molecule has 0 unspecified atom stereocenters. The number of amides is 1. The van der Waals surface area contributed by atoms with Crippen molar-refractivity contribution in [1.29, 1.82) is 0 Å². The molecule has 184 valence electrons. The van der Waals surface area contributed by atoms with E-state index in [1.165, 1.54) is 16.7 Å². The third kappa shape index (κ3) is 4.66. The van der Waals surface area contributed by atoms with Gasteiger partial charge in [-0.3, -0.25) is 9.59 Å². The number of aryl methyl sites for hydroxylation is 1. The number of pyridine rings is 1. The van der Waals surface area contributed by atoms with Crippen molar-refractivity contribution < 1.29 is 18.0 Å². The molecular formula is C26H22F3N5O2. The number of hydrogen-bond donors (Lipinski definition) is 2. The van der Waals surface area contributed by atoms with Gasteiger partial charge >= 0.3 is 6.18 Å². The molecule has 4 aromatic rings. The van der Waals surface area contributed by atoms with Crippen LogP contribution in [0.3, 0.4) is 0 Å². The number of fused-ring (bicyclic) bond motifs is 1. The van der Waals surface area contributed by atoms with Gasteiger partial charge < -0.3 is 15.2 Å². The molecule has 2 aromatic carbocycles. The zero-order valence-electron chi connectivity index (χ0n) is 19.5. The van der Waals surface area contributed by atoms with Gasteiger partial charge in [-0.25, -0.2) is 9.97 Å². The number of rotatable bonds is 5. The van der Waals surface area contributed by atoms with E-state index < -0.39 is 17.6 Å². The average molecular weight is 493 g/mol. The lowest BCUT2D eigenvalue weighted by molar-refractivity contribution is -0.137. The van der Waals surface area contributed by atoms with Crippen LogP contribution in [-0.4, -0.2) is 26.5 Å². The number of nitrogens with zero attached hydrogens (tertiary/aromatic N) is 3. The van der Waals surface area contributed by atoms with Crippen molar-refractivity contribution in [3.63, 3.8) is 0 Å². The van der Waals surface area contributed by atoms with Gasteiger partial charge in [0, 0.05) is 41.5 Å². The summed E-state index contributed by atoms with van der Waals surface area (Å²) in [6.45, 7) is 1.86. The lowest BCUT2D eigenvalue weighted by Gasteiger charge is -2.15. The SMILES string of the molecule is Cc1ccc(NC(=O)c2cccc(C(F)(F)F)c2)cc1-c1cc2cnc(NC3CC3)nc2c(=O)n1C. The Morgan fingerprint density at radius 3 is 2.61 bits per heavy atom. The lowest BCUT2D eigenvalue weighted by atomic mass is 10.0. The predicted molar refractivity (Wildman–Crippen MR) is 131 cm³/mol. The second-order valence-electron chi connectivity index (χ2n) is 8.87. The minimum Gasteiger partial charge on any atom is -0.351 e. The molecule has 2 aromatic heterocycles. The quantitative estimate of drug-likeness (QED) is 0.402. The van der Waals surface area contributed by atoms with Gasteiger partial charge in [-0.05, 0) is 61.7 Å². The van der Waals surface area contributed by atoms with E-state index in [0.717, 1.165) is 30.5 Å². The van der Waals surface area contributed by atoms with Crippen LogP contribution >= 0.6 is 0 Å². The molecule has 1 fully saturated rings. The number of hydrogen-bond acceptors (Lipinski definition) is 5. The largest absolute Gasteiger partial charge is 0.416 e. The summed E-state index contributed by atoms with van der Waals surface area (Å²) in [6.07, 6.45) is -0.838. The maximum Gasteiger partial charge on any atom is 0.416 e. The van der Waals surface area contributed by atoms with Crippen LogP contribution in [0.4, 0.5) is 24.8 Å². The van der Waals surface area contributed by atoms with Gasteiger partial charge in [0.15, 0.2) is 0 Å². The average Bonchev–Trinajstić information content (AvgIpc) is 3.66. The molecule has 1 aliphatic rings. The fraction of sp³-hybridized carbons (Fsp3) is 0.231. The Morgan fingerprint density at radius 2 is 1.89 bits per heavy atom. The Bertz CT molecular complexity index is 1560. The normalized spacial score (nSPS) is 13.6. The van der Waals surface area contributed by atoms with Crippen LogP contribution in [0.5, 0.6) is 0 Å². The molecule has 5 rings (SSSR count). The van der Waals surface area contributed by atoms with Crippen molar-refractivity contribution in [2.24, 2.45) is 7.05 Å². The standard InChI is InChI=1S/C26H22F3N5O2/c1-14-6-7-19(31-23(35)15-4-3-5-17(10-15)26(27,28)29)12-20(14)21-11-16-13-30-25(32-18-8-9-18)33-22(16)24(36)34(21)2/h3-7,10-13,18H,8-9H2,1-2H3,(H,31,35)(H,30,32,33). The molecule has 0 aliphatic heterocycles. The summed E-state index contributed by atoms with van der Waals surface area (Å²) < 4.78 is 40.6. The molecular weight excluding hydrogens is 471 g/mol. The van der Waals surface area contributed by atoms with E-state index in [0.29, 0.717) is 39.8 Å². The Balaban J connectivity index is 1.48. The van der Waals surface area contributed by atoms with Gasteiger partial charge in [0.05, 0.1) is 11.3 Å². The highest BCUT2D eigenvalue weighted by Crippen LogP contribution is 2.31. The number of aromatic nitrogens is 3. The Hall–Kier alpha value is -4.21. The maximum absolute atomic E-state index is 13.1. The van der Waals surface area contributed by atoms with Crippen LogP contribution in [-0.2, 0) is 13.2 Å². The summed E-state index contributed by atoms with van der Waals surface area (Å²) in [5.41, 5.74) is 1.49. The highest BCUT2D eigenvalue weighted by Gasteiger charge is 2.31. The first-order chi connectivity index (χ1) is 17.1. The molecule has 0 atom stereocenters. The number of benzene rings is 2. The first-order valence-electron chi connectivity index (χ1n) is 11.3. The number of anilines is 2. The van der Waals surface area contributed by atoms with E-state index in [1.54, 1.807) is 37.5 Å². The van der Waals surface area contributed by atoms with Crippen molar-refractivity contribution in [3.8, 4) is 11.3 Å². The molecule has 2 heterocycles. The van der Waals surface area contributed by atoms with Gasteiger partial charge in [0.2, 0.25) is 5.95 Å². The van der Waals surface area contributed by atoms with Gasteiger partial charge in [0.1, 0.15) is 5.52 Å². The number of carbonyl (C=O) groups is 1. The first-order valence-corrected chi connectivity index (χ1v) is 11.3. The molecule has 0 radical (unpaired) electrons. The first kappa shape index (κ1) is 23.5. The fourth-order valence-electron chi connectivity index (χ4n) is 3.93. The van der Waals surface area contributed by atoms with E-state index in [1.807, 2.05) is 6.92 Å². The minimum atomic E-state index is -4.55. The van der Waals surface area contributed by atoms with Crippen LogP contribution in [0.15, 0.2) is 59.5 Å². The van der Waals surface area contributed by atoms with Crippen molar-refractivity contribution in [2.45, 2.75) is 32.0 Å². The summed E-state index contributed by atoms with van der Waals surface area (Å²) >= 11 is 0. The van der Waals surface area contributed by atoms with Crippen molar-refractivity contribution >= 4 is 28.4 Å². The van der Waals surface area contributed by atoms with Crippen LogP contribution in [0.2, 0.25) is 0 Å². The van der Waals surface area contributed by atoms with Crippen LogP contribution in [0, 0.1) is 6.92 Å². The number of nitrogens with one attached hydrogen (secondary N) is 2. The molecule has 10 heteroatoms.